The van der Waals surface area contributed by atoms with E-state index in [4.69, 9.17) is 5.11 Å². The van der Waals surface area contributed by atoms with Crippen LogP contribution in [0.25, 0.3) is 6.08 Å². The number of fused-ring (bicyclic) bond motifs is 1. The number of aromatic amines is 1. The van der Waals surface area contributed by atoms with E-state index in [2.05, 4.69) is 4.98 Å². The number of allylic oxidation sites excluding steroid dienone is 1. The molecule has 0 fully saturated rings. The second-order valence-electron chi connectivity index (χ2n) is 3.00. The minimum absolute atomic E-state index is 0.274. The van der Waals surface area contributed by atoms with Crippen molar-refractivity contribution < 1.29 is 9.90 Å². The van der Waals surface area contributed by atoms with E-state index in [0.717, 1.165) is 11.3 Å². The zero-order valence-corrected chi connectivity index (χ0v) is 6.66. The minimum Gasteiger partial charge on any atom is -0.477 e. The zero-order chi connectivity index (χ0) is 8.72. The molecule has 1 heterocycles. The predicted octanol–water partition coefficient (Wildman–Crippen LogP) is 1.84. The van der Waals surface area contributed by atoms with E-state index in [1.807, 2.05) is 19.1 Å². The van der Waals surface area contributed by atoms with Gasteiger partial charge in [-0.1, -0.05) is 13.0 Å². The van der Waals surface area contributed by atoms with E-state index in [9.17, 15) is 4.79 Å². The summed E-state index contributed by atoms with van der Waals surface area (Å²) in [5.41, 5.74) is 2.28. The molecule has 12 heavy (non-hydrogen) atoms. The average Bonchev–Trinajstić information content (AvgIpc) is 2.53. The fourth-order valence-corrected chi connectivity index (χ4v) is 1.46. The zero-order valence-electron chi connectivity index (χ0n) is 6.66. The lowest BCUT2D eigenvalue weighted by atomic mass is 10.1. The maximum absolute atomic E-state index is 10.6. The van der Waals surface area contributed by atoms with Crippen LogP contribution in [0.1, 0.15) is 34.6 Å². The molecule has 1 aromatic heterocycles. The summed E-state index contributed by atoms with van der Waals surface area (Å²) in [4.78, 5) is 13.4. The van der Waals surface area contributed by atoms with Gasteiger partial charge in [-0.3, -0.25) is 0 Å². The number of hydrogen-bond acceptors (Lipinski definition) is 1. The molecule has 3 nitrogen and oxygen atoms in total. The first-order valence-corrected chi connectivity index (χ1v) is 3.83. The van der Waals surface area contributed by atoms with Crippen LogP contribution in [0.3, 0.4) is 0 Å². The Hall–Kier alpha value is -1.51. The van der Waals surface area contributed by atoms with Gasteiger partial charge in [0.2, 0.25) is 0 Å². The number of aromatic nitrogens is 1. The summed E-state index contributed by atoms with van der Waals surface area (Å²) >= 11 is 0. The first-order chi connectivity index (χ1) is 5.68. The Morgan fingerprint density at radius 1 is 1.67 bits per heavy atom. The fourth-order valence-electron chi connectivity index (χ4n) is 1.46. The van der Waals surface area contributed by atoms with E-state index in [0.29, 0.717) is 5.92 Å². The van der Waals surface area contributed by atoms with Gasteiger partial charge in [0.25, 0.3) is 0 Å². The first-order valence-electron chi connectivity index (χ1n) is 3.83. The molecule has 2 N–H and O–H groups in total. The largest absolute Gasteiger partial charge is 0.477 e. The molecular formula is C9H9NO2. The van der Waals surface area contributed by atoms with Gasteiger partial charge in [-0.2, -0.15) is 0 Å². The fraction of sp³-hybridized carbons (Fsp3) is 0.222. The third-order valence-corrected chi connectivity index (χ3v) is 2.15. The number of carboxylic acids is 1. The second kappa shape index (κ2) is 2.24. The summed E-state index contributed by atoms with van der Waals surface area (Å²) in [6, 6.07) is 1.70. The van der Waals surface area contributed by atoms with Crippen LogP contribution in [-0.2, 0) is 0 Å². The molecule has 0 saturated heterocycles. The maximum atomic E-state index is 10.6. The monoisotopic (exact) mass is 163 g/mol. The maximum Gasteiger partial charge on any atom is 0.352 e. The Balaban J connectivity index is 2.49. The summed E-state index contributed by atoms with van der Waals surface area (Å²) in [6.07, 6.45) is 3.97. The van der Waals surface area contributed by atoms with Gasteiger partial charge in [0, 0.05) is 11.6 Å². The molecule has 3 heteroatoms. The molecule has 0 radical (unpaired) electrons. The van der Waals surface area contributed by atoms with Gasteiger partial charge >= 0.3 is 5.97 Å². The molecule has 0 aromatic carbocycles. The molecule has 1 atom stereocenters. The van der Waals surface area contributed by atoms with Gasteiger partial charge < -0.3 is 10.1 Å². The number of hydrogen-bond donors (Lipinski definition) is 2. The molecular weight excluding hydrogens is 154 g/mol. The average molecular weight is 163 g/mol. The third-order valence-electron chi connectivity index (χ3n) is 2.15. The summed E-state index contributed by atoms with van der Waals surface area (Å²) in [7, 11) is 0. The van der Waals surface area contributed by atoms with Gasteiger partial charge in [-0.15, -0.1) is 0 Å². The van der Waals surface area contributed by atoms with Crippen LogP contribution in [0.5, 0.6) is 0 Å². The number of nitrogens with one attached hydrogen (secondary N) is 1. The Labute approximate surface area is 69.7 Å². The molecule has 1 aliphatic rings. The molecule has 0 saturated carbocycles. The normalized spacial score (nSPS) is 19.6. The smallest absolute Gasteiger partial charge is 0.352 e. The van der Waals surface area contributed by atoms with Gasteiger partial charge in [0.05, 0.1) is 0 Å². The standard InChI is InChI=1S/C9H9NO2/c1-5-2-3-7-6(5)4-8(10-7)9(11)12/h2-5,10H,1H3,(H,11,12). The number of carbonyl (C=O) groups is 1. The SMILES string of the molecule is CC1C=Cc2[nH]c(C(=O)O)cc21. The van der Waals surface area contributed by atoms with Crippen molar-refractivity contribution in [2.24, 2.45) is 0 Å². The minimum atomic E-state index is -0.898. The van der Waals surface area contributed by atoms with Gasteiger partial charge in [0.15, 0.2) is 0 Å². The number of rotatable bonds is 1. The second-order valence-corrected chi connectivity index (χ2v) is 3.00. The Morgan fingerprint density at radius 3 is 3.00 bits per heavy atom. The van der Waals surface area contributed by atoms with Crippen LogP contribution in [0, 0.1) is 0 Å². The Kier molecular flexibility index (Phi) is 1.33. The van der Waals surface area contributed by atoms with E-state index in [1.54, 1.807) is 6.07 Å². The van der Waals surface area contributed by atoms with Crippen LogP contribution in [0.15, 0.2) is 12.1 Å². The van der Waals surface area contributed by atoms with Crippen molar-refractivity contribution >= 4 is 12.0 Å². The van der Waals surface area contributed by atoms with Crippen molar-refractivity contribution in [1.29, 1.82) is 0 Å². The van der Waals surface area contributed by atoms with Crippen LogP contribution < -0.4 is 0 Å². The lowest BCUT2D eigenvalue weighted by Gasteiger charge is -1.95. The van der Waals surface area contributed by atoms with Crippen molar-refractivity contribution in [1.82, 2.24) is 4.98 Å². The summed E-state index contributed by atoms with van der Waals surface area (Å²) in [5.74, 6) is -0.561. The molecule has 62 valence electrons. The van der Waals surface area contributed by atoms with Gasteiger partial charge in [-0.25, -0.2) is 4.79 Å². The quantitative estimate of drug-likeness (QED) is 0.663. The molecule has 1 unspecified atom stereocenters. The first kappa shape index (κ1) is 7.16. The third kappa shape index (κ3) is 0.863. The summed E-state index contributed by atoms with van der Waals surface area (Å²) in [5, 5.41) is 8.67. The lowest BCUT2D eigenvalue weighted by molar-refractivity contribution is 0.0691. The van der Waals surface area contributed by atoms with Crippen LogP contribution in [0.2, 0.25) is 0 Å². The molecule has 0 bridgehead atoms. The topological polar surface area (TPSA) is 53.1 Å². The highest BCUT2D eigenvalue weighted by molar-refractivity contribution is 5.87. The predicted molar refractivity (Wildman–Crippen MR) is 45.2 cm³/mol. The Bertz CT molecular complexity index is 363. The van der Waals surface area contributed by atoms with Crippen molar-refractivity contribution in [3.8, 4) is 0 Å². The molecule has 2 rings (SSSR count). The van der Waals surface area contributed by atoms with Crippen LogP contribution >= 0.6 is 0 Å². The van der Waals surface area contributed by atoms with Crippen molar-refractivity contribution in [2.75, 3.05) is 0 Å². The van der Waals surface area contributed by atoms with E-state index in [1.165, 1.54) is 0 Å². The van der Waals surface area contributed by atoms with Crippen LogP contribution in [0.4, 0.5) is 0 Å². The lowest BCUT2D eigenvalue weighted by Crippen LogP contribution is -1.95. The highest BCUT2D eigenvalue weighted by atomic mass is 16.4. The number of carboxylic acid groups (broad SMARTS) is 1. The molecule has 0 amide bonds. The van der Waals surface area contributed by atoms with Crippen molar-refractivity contribution in [3.05, 3.63) is 29.1 Å². The molecule has 1 aliphatic carbocycles. The van der Waals surface area contributed by atoms with Crippen LogP contribution in [-0.4, -0.2) is 16.1 Å². The summed E-state index contributed by atoms with van der Waals surface area (Å²) < 4.78 is 0. The Morgan fingerprint density at radius 2 is 2.42 bits per heavy atom. The highest BCUT2D eigenvalue weighted by Gasteiger charge is 2.18. The number of H-pyrrole nitrogens is 1. The van der Waals surface area contributed by atoms with Gasteiger partial charge in [-0.05, 0) is 17.7 Å². The van der Waals surface area contributed by atoms with E-state index < -0.39 is 5.97 Å². The summed E-state index contributed by atoms with van der Waals surface area (Å²) in [6.45, 7) is 2.04. The molecule has 0 aliphatic heterocycles. The van der Waals surface area contributed by atoms with E-state index >= 15 is 0 Å². The van der Waals surface area contributed by atoms with Crippen molar-refractivity contribution in [3.63, 3.8) is 0 Å². The molecule has 1 aromatic rings. The molecule has 0 spiro atoms. The van der Waals surface area contributed by atoms with Gasteiger partial charge in [0.1, 0.15) is 5.69 Å². The van der Waals surface area contributed by atoms with Crippen molar-refractivity contribution in [2.45, 2.75) is 12.8 Å². The number of aromatic carboxylic acids is 1. The van der Waals surface area contributed by atoms with E-state index in [-0.39, 0.29) is 5.69 Å². The highest BCUT2D eigenvalue weighted by Crippen LogP contribution is 2.29.